The molecule has 1 heterocycles. The average molecular weight is 269 g/mol. The third-order valence-corrected chi connectivity index (χ3v) is 4.17. The number of hydrogen-bond acceptors (Lipinski definition) is 4. The third-order valence-electron chi connectivity index (χ3n) is 4.17. The fraction of sp³-hybridized carbons (Fsp3) is 0.846. The standard InChI is InChI=1S/C13H23N3O3/c1-19-12(18)16-9-7-15(8-10-16)11(17)13(14)5-3-2-4-6-13/h2-10,14H2,1H3. The number of piperazine rings is 1. The van der Waals surface area contributed by atoms with Crippen LogP contribution in [0.25, 0.3) is 0 Å². The van der Waals surface area contributed by atoms with Crippen LogP contribution in [0.15, 0.2) is 0 Å². The Balaban J connectivity index is 1.90. The summed E-state index contributed by atoms with van der Waals surface area (Å²) in [5.74, 6) is 0.0525. The van der Waals surface area contributed by atoms with E-state index < -0.39 is 5.54 Å². The van der Waals surface area contributed by atoms with Crippen LogP contribution in [0.4, 0.5) is 4.79 Å². The van der Waals surface area contributed by atoms with Crippen LogP contribution < -0.4 is 5.73 Å². The fourth-order valence-corrected chi connectivity index (χ4v) is 2.93. The van der Waals surface area contributed by atoms with E-state index in [0.29, 0.717) is 26.2 Å². The van der Waals surface area contributed by atoms with Gasteiger partial charge in [0.05, 0.1) is 12.6 Å². The van der Waals surface area contributed by atoms with E-state index in [4.69, 9.17) is 5.73 Å². The van der Waals surface area contributed by atoms with Gasteiger partial charge in [-0.3, -0.25) is 4.79 Å². The molecule has 0 atom stereocenters. The highest BCUT2D eigenvalue weighted by Crippen LogP contribution is 2.28. The number of ether oxygens (including phenoxy) is 1. The smallest absolute Gasteiger partial charge is 0.409 e. The molecule has 0 radical (unpaired) electrons. The summed E-state index contributed by atoms with van der Waals surface area (Å²) >= 11 is 0. The Bertz CT molecular complexity index is 345. The van der Waals surface area contributed by atoms with Gasteiger partial charge >= 0.3 is 6.09 Å². The van der Waals surface area contributed by atoms with Gasteiger partial charge < -0.3 is 20.3 Å². The van der Waals surface area contributed by atoms with E-state index in [1.54, 1.807) is 9.80 Å². The highest BCUT2D eigenvalue weighted by molar-refractivity contribution is 5.86. The van der Waals surface area contributed by atoms with Gasteiger partial charge in [0.25, 0.3) is 0 Å². The molecule has 0 aromatic heterocycles. The van der Waals surface area contributed by atoms with Gasteiger partial charge in [0.1, 0.15) is 0 Å². The molecule has 2 fully saturated rings. The lowest BCUT2D eigenvalue weighted by molar-refractivity contribution is -0.139. The van der Waals surface area contributed by atoms with Gasteiger partial charge in [0, 0.05) is 26.2 Å². The summed E-state index contributed by atoms with van der Waals surface area (Å²) in [6.45, 7) is 2.14. The average Bonchev–Trinajstić information content (AvgIpc) is 2.46. The Morgan fingerprint density at radius 2 is 1.53 bits per heavy atom. The van der Waals surface area contributed by atoms with Gasteiger partial charge in [-0.05, 0) is 12.8 Å². The van der Waals surface area contributed by atoms with Crippen molar-refractivity contribution in [3.05, 3.63) is 0 Å². The summed E-state index contributed by atoms with van der Waals surface area (Å²) in [6.07, 6.45) is 4.47. The fourth-order valence-electron chi connectivity index (χ4n) is 2.93. The molecule has 0 bridgehead atoms. The lowest BCUT2D eigenvalue weighted by Gasteiger charge is -2.40. The van der Waals surface area contributed by atoms with Crippen molar-refractivity contribution in [3.8, 4) is 0 Å². The first-order valence-corrected chi connectivity index (χ1v) is 6.98. The topological polar surface area (TPSA) is 75.9 Å². The highest BCUT2D eigenvalue weighted by atomic mass is 16.5. The van der Waals surface area contributed by atoms with Crippen molar-refractivity contribution in [2.24, 2.45) is 5.73 Å². The van der Waals surface area contributed by atoms with Crippen LogP contribution in [-0.4, -0.2) is 60.6 Å². The molecule has 108 valence electrons. The number of carbonyl (C=O) groups is 2. The first kappa shape index (κ1) is 14.1. The molecule has 2 N–H and O–H groups in total. The molecule has 6 nitrogen and oxygen atoms in total. The van der Waals surface area contributed by atoms with Gasteiger partial charge in [-0.1, -0.05) is 19.3 Å². The number of nitrogens with two attached hydrogens (primary N) is 1. The number of amides is 2. The Morgan fingerprint density at radius 3 is 2.05 bits per heavy atom. The Labute approximate surface area is 113 Å². The molecule has 19 heavy (non-hydrogen) atoms. The molecule has 0 aromatic carbocycles. The maximum atomic E-state index is 12.5. The van der Waals surface area contributed by atoms with Crippen molar-refractivity contribution in [1.29, 1.82) is 0 Å². The van der Waals surface area contributed by atoms with Crippen molar-refractivity contribution in [2.45, 2.75) is 37.6 Å². The van der Waals surface area contributed by atoms with E-state index in [1.165, 1.54) is 13.5 Å². The molecule has 0 aromatic rings. The van der Waals surface area contributed by atoms with Crippen molar-refractivity contribution in [2.75, 3.05) is 33.3 Å². The van der Waals surface area contributed by atoms with Crippen LogP contribution in [0.2, 0.25) is 0 Å². The Hall–Kier alpha value is -1.30. The van der Waals surface area contributed by atoms with E-state index >= 15 is 0 Å². The molecular formula is C13H23N3O3. The molecule has 0 spiro atoms. The maximum absolute atomic E-state index is 12.5. The summed E-state index contributed by atoms with van der Waals surface area (Å²) < 4.78 is 4.68. The molecule has 0 unspecified atom stereocenters. The van der Waals surface area contributed by atoms with Crippen LogP contribution in [0, 0.1) is 0 Å². The highest BCUT2D eigenvalue weighted by Gasteiger charge is 2.39. The zero-order valence-electron chi connectivity index (χ0n) is 11.6. The summed E-state index contributed by atoms with van der Waals surface area (Å²) in [4.78, 5) is 27.3. The number of nitrogens with zero attached hydrogens (tertiary/aromatic N) is 2. The third kappa shape index (κ3) is 3.00. The minimum Gasteiger partial charge on any atom is -0.453 e. The monoisotopic (exact) mass is 269 g/mol. The summed E-state index contributed by atoms with van der Waals surface area (Å²) in [6, 6.07) is 0. The largest absolute Gasteiger partial charge is 0.453 e. The molecule has 2 amide bonds. The summed E-state index contributed by atoms with van der Waals surface area (Å²) in [5, 5.41) is 0. The molecule has 1 saturated heterocycles. The molecule has 2 rings (SSSR count). The summed E-state index contributed by atoms with van der Waals surface area (Å²) in [7, 11) is 1.37. The van der Waals surface area contributed by atoms with Gasteiger partial charge in [0.2, 0.25) is 5.91 Å². The second kappa shape index (κ2) is 5.77. The van der Waals surface area contributed by atoms with Gasteiger partial charge in [-0.25, -0.2) is 4.79 Å². The second-order valence-corrected chi connectivity index (χ2v) is 5.47. The van der Waals surface area contributed by atoms with Crippen LogP contribution in [-0.2, 0) is 9.53 Å². The van der Waals surface area contributed by atoms with Gasteiger partial charge in [-0.15, -0.1) is 0 Å². The van der Waals surface area contributed by atoms with Crippen LogP contribution >= 0.6 is 0 Å². The maximum Gasteiger partial charge on any atom is 0.409 e. The molecule has 6 heteroatoms. The van der Waals surface area contributed by atoms with Gasteiger partial charge in [-0.2, -0.15) is 0 Å². The minimum absolute atomic E-state index is 0.0525. The molecule has 1 aliphatic heterocycles. The first-order chi connectivity index (χ1) is 9.07. The quantitative estimate of drug-likeness (QED) is 0.754. The molecular weight excluding hydrogens is 246 g/mol. The van der Waals surface area contributed by atoms with Crippen molar-refractivity contribution in [3.63, 3.8) is 0 Å². The first-order valence-electron chi connectivity index (χ1n) is 6.98. The lowest BCUT2D eigenvalue weighted by atomic mass is 9.81. The molecule has 2 aliphatic rings. The number of rotatable bonds is 1. The van der Waals surface area contributed by atoms with E-state index in [-0.39, 0.29) is 12.0 Å². The number of carbonyl (C=O) groups excluding carboxylic acids is 2. The second-order valence-electron chi connectivity index (χ2n) is 5.47. The van der Waals surface area contributed by atoms with E-state index in [9.17, 15) is 9.59 Å². The van der Waals surface area contributed by atoms with E-state index in [1.807, 2.05) is 0 Å². The van der Waals surface area contributed by atoms with Crippen molar-refractivity contribution in [1.82, 2.24) is 9.80 Å². The number of methoxy groups -OCH3 is 1. The molecule has 1 aliphatic carbocycles. The van der Waals surface area contributed by atoms with Crippen LogP contribution in [0.3, 0.4) is 0 Å². The Kier molecular flexibility index (Phi) is 4.29. The normalized spacial score (nSPS) is 23.1. The summed E-state index contributed by atoms with van der Waals surface area (Å²) in [5.41, 5.74) is 5.58. The molecule has 1 saturated carbocycles. The zero-order chi connectivity index (χ0) is 13.9. The van der Waals surface area contributed by atoms with Crippen molar-refractivity contribution >= 4 is 12.0 Å². The van der Waals surface area contributed by atoms with E-state index in [0.717, 1.165) is 25.7 Å². The SMILES string of the molecule is COC(=O)N1CCN(C(=O)C2(N)CCCCC2)CC1. The minimum atomic E-state index is -0.675. The van der Waals surface area contributed by atoms with Crippen LogP contribution in [0.1, 0.15) is 32.1 Å². The predicted molar refractivity (Wildman–Crippen MR) is 70.6 cm³/mol. The van der Waals surface area contributed by atoms with Crippen LogP contribution in [0.5, 0.6) is 0 Å². The lowest BCUT2D eigenvalue weighted by Crippen LogP contribution is -2.60. The zero-order valence-corrected chi connectivity index (χ0v) is 11.6. The van der Waals surface area contributed by atoms with Crippen molar-refractivity contribution < 1.29 is 14.3 Å². The number of hydrogen-bond donors (Lipinski definition) is 1. The Morgan fingerprint density at radius 1 is 1.00 bits per heavy atom. The van der Waals surface area contributed by atoms with E-state index in [2.05, 4.69) is 4.74 Å². The van der Waals surface area contributed by atoms with Gasteiger partial charge in [0.15, 0.2) is 0 Å². The predicted octanol–water partition coefficient (Wildman–Crippen LogP) is 0.559.